The van der Waals surface area contributed by atoms with Crippen molar-refractivity contribution in [1.82, 2.24) is 14.5 Å². The van der Waals surface area contributed by atoms with Crippen LogP contribution in [-0.2, 0) is 0 Å². The van der Waals surface area contributed by atoms with Crippen molar-refractivity contribution >= 4 is 43.9 Å². The van der Waals surface area contributed by atoms with Crippen LogP contribution in [0.5, 0.6) is 0 Å². The number of thiazole rings is 2. The average molecular weight is 340 g/mol. The van der Waals surface area contributed by atoms with Gasteiger partial charge < -0.3 is 4.57 Å². The van der Waals surface area contributed by atoms with Gasteiger partial charge in [0.25, 0.3) is 5.91 Å². The Balaban J connectivity index is 1.61. The molecule has 0 unspecified atom stereocenters. The first-order chi connectivity index (χ1) is 11.2. The Hall–Kier alpha value is -2.51. The van der Waals surface area contributed by atoms with Crippen LogP contribution >= 0.6 is 22.7 Å². The van der Waals surface area contributed by atoms with Crippen LogP contribution in [0.2, 0.25) is 0 Å². The average Bonchev–Trinajstić information content (AvgIpc) is 3.25. The van der Waals surface area contributed by atoms with Crippen LogP contribution < -0.4 is 5.32 Å². The minimum absolute atomic E-state index is 0.226. The van der Waals surface area contributed by atoms with E-state index < -0.39 is 0 Å². The number of fused-ring (bicyclic) bond motifs is 1. The Morgan fingerprint density at radius 2 is 1.87 bits per heavy atom. The number of nitrogens with zero attached hydrogens (tertiary/aromatic N) is 3. The molecule has 3 heterocycles. The van der Waals surface area contributed by atoms with Gasteiger partial charge in [-0.1, -0.05) is 23.5 Å². The van der Waals surface area contributed by atoms with Gasteiger partial charge in [-0.2, -0.15) is 0 Å². The van der Waals surface area contributed by atoms with E-state index in [0.29, 0.717) is 10.8 Å². The molecule has 114 valence electrons. The maximum atomic E-state index is 12.5. The number of benzene rings is 1. The highest BCUT2D eigenvalue weighted by atomic mass is 32.1. The van der Waals surface area contributed by atoms with Crippen molar-refractivity contribution in [2.45, 2.75) is 6.92 Å². The molecule has 0 saturated heterocycles. The summed E-state index contributed by atoms with van der Waals surface area (Å²) < 4.78 is 2.94. The minimum Gasteiger partial charge on any atom is -0.300 e. The fourth-order valence-corrected chi connectivity index (χ4v) is 3.98. The number of nitrogens with one attached hydrogen (secondary N) is 1. The number of para-hydroxylation sites is 1. The predicted octanol–water partition coefficient (Wildman–Crippen LogP) is 4.10. The lowest BCUT2D eigenvalue weighted by Gasteiger charge is -1.98. The van der Waals surface area contributed by atoms with Gasteiger partial charge in [0.2, 0.25) is 0 Å². The van der Waals surface area contributed by atoms with E-state index in [1.54, 1.807) is 0 Å². The Morgan fingerprint density at radius 1 is 1.09 bits per heavy atom. The Labute approximate surface area is 140 Å². The van der Waals surface area contributed by atoms with Gasteiger partial charge in [-0.05, 0) is 31.2 Å². The summed E-state index contributed by atoms with van der Waals surface area (Å²) in [5, 5.41) is 4.22. The van der Waals surface area contributed by atoms with Crippen molar-refractivity contribution in [3.63, 3.8) is 0 Å². The molecule has 0 aliphatic carbocycles. The van der Waals surface area contributed by atoms with Gasteiger partial charge in [0, 0.05) is 17.3 Å². The van der Waals surface area contributed by atoms with E-state index in [1.165, 1.54) is 22.7 Å². The largest absolute Gasteiger partial charge is 0.300 e. The second-order valence-corrected chi connectivity index (χ2v) is 7.14. The molecule has 4 aromatic rings. The molecule has 0 saturated carbocycles. The van der Waals surface area contributed by atoms with Gasteiger partial charge in [0.1, 0.15) is 5.69 Å². The summed E-state index contributed by atoms with van der Waals surface area (Å²) in [6, 6.07) is 11.7. The zero-order valence-electron chi connectivity index (χ0n) is 12.2. The Kier molecular flexibility index (Phi) is 3.44. The maximum Gasteiger partial charge on any atom is 0.277 e. The molecule has 0 aliphatic rings. The third kappa shape index (κ3) is 2.64. The summed E-state index contributed by atoms with van der Waals surface area (Å²) in [5.74, 6) is -0.226. The van der Waals surface area contributed by atoms with E-state index in [0.717, 1.165) is 20.2 Å². The van der Waals surface area contributed by atoms with Crippen molar-refractivity contribution in [1.29, 1.82) is 0 Å². The van der Waals surface area contributed by atoms with E-state index in [2.05, 4.69) is 15.3 Å². The summed E-state index contributed by atoms with van der Waals surface area (Å²) in [6.45, 7) is 1.90. The van der Waals surface area contributed by atoms with Gasteiger partial charge in [0.05, 0.1) is 10.2 Å². The number of hydrogen-bond donors (Lipinski definition) is 1. The lowest BCUT2D eigenvalue weighted by molar-refractivity contribution is 0.102. The quantitative estimate of drug-likeness (QED) is 0.611. The molecule has 3 aromatic heterocycles. The number of amides is 1. The topological polar surface area (TPSA) is 59.8 Å². The standard InChI is InChI=1S/C16H12N4OS2/c1-10-13(18-16(22-10)20-8-4-5-9-20)14(21)19-15-17-11-6-2-3-7-12(11)23-15/h2-9H,1H3,(H,17,19,21). The van der Waals surface area contributed by atoms with Crippen LogP contribution in [0.3, 0.4) is 0 Å². The fraction of sp³-hybridized carbons (Fsp3) is 0.0625. The minimum atomic E-state index is -0.226. The van der Waals surface area contributed by atoms with E-state index in [4.69, 9.17) is 0 Å². The molecular formula is C16H12N4OS2. The smallest absolute Gasteiger partial charge is 0.277 e. The molecule has 23 heavy (non-hydrogen) atoms. The van der Waals surface area contributed by atoms with Crippen LogP contribution in [0.25, 0.3) is 15.3 Å². The SMILES string of the molecule is Cc1sc(-n2cccc2)nc1C(=O)Nc1nc2ccccc2s1. The van der Waals surface area contributed by atoms with Crippen LogP contribution in [0.15, 0.2) is 48.8 Å². The van der Waals surface area contributed by atoms with Crippen molar-refractivity contribution < 1.29 is 4.79 Å². The Bertz CT molecular complexity index is 952. The van der Waals surface area contributed by atoms with Gasteiger partial charge in [-0.25, -0.2) is 9.97 Å². The monoisotopic (exact) mass is 340 g/mol. The normalized spacial score (nSPS) is 11.0. The summed E-state index contributed by atoms with van der Waals surface area (Å²) in [4.78, 5) is 22.2. The number of aryl methyl sites for hydroxylation is 1. The highest BCUT2D eigenvalue weighted by Crippen LogP contribution is 2.27. The third-order valence-corrected chi connectivity index (χ3v) is 5.28. The number of hydrogen-bond acceptors (Lipinski definition) is 5. The van der Waals surface area contributed by atoms with Gasteiger partial charge >= 0.3 is 0 Å². The highest BCUT2D eigenvalue weighted by Gasteiger charge is 2.17. The number of carbonyl (C=O) groups is 1. The number of aromatic nitrogens is 3. The molecule has 1 aromatic carbocycles. The van der Waals surface area contributed by atoms with E-state index >= 15 is 0 Å². The molecule has 0 fully saturated rings. The molecule has 7 heteroatoms. The van der Waals surface area contributed by atoms with Crippen molar-refractivity contribution in [3.8, 4) is 5.13 Å². The van der Waals surface area contributed by atoms with E-state index in [9.17, 15) is 4.79 Å². The molecular weight excluding hydrogens is 328 g/mol. The predicted molar refractivity (Wildman–Crippen MR) is 93.8 cm³/mol. The molecule has 0 bridgehead atoms. The molecule has 0 radical (unpaired) electrons. The molecule has 0 spiro atoms. The highest BCUT2D eigenvalue weighted by molar-refractivity contribution is 7.22. The molecule has 4 rings (SSSR count). The second kappa shape index (κ2) is 5.60. The van der Waals surface area contributed by atoms with Crippen LogP contribution in [-0.4, -0.2) is 20.4 Å². The Morgan fingerprint density at radius 3 is 2.65 bits per heavy atom. The second-order valence-electron chi connectivity index (χ2n) is 4.93. The lowest BCUT2D eigenvalue weighted by atomic mass is 10.3. The summed E-state index contributed by atoms with van der Waals surface area (Å²) in [7, 11) is 0. The summed E-state index contributed by atoms with van der Waals surface area (Å²) >= 11 is 2.95. The van der Waals surface area contributed by atoms with Crippen LogP contribution in [0, 0.1) is 6.92 Å². The first-order valence-corrected chi connectivity index (χ1v) is 8.62. The number of rotatable bonds is 3. The van der Waals surface area contributed by atoms with Crippen LogP contribution in [0.4, 0.5) is 5.13 Å². The lowest BCUT2D eigenvalue weighted by Crippen LogP contribution is -2.13. The molecule has 1 N–H and O–H groups in total. The first-order valence-electron chi connectivity index (χ1n) is 6.98. The summed E-state index contributed by atoms with van der Waals surface area (Å²) in [5.41, 5.74) is 1.33. The van der Waals surface area contributed by atoms with Crippen LogP contribution in [0.1, 0.15) is 15.4 Å². The van der Waals surface area contributed by atoms with Gasteiger partial charge in [0.15, 0.2) is 10.3 Å². The first kappa shape index (κ1) is 14.1. The molecule has 0 aliphatic heterocycles. The number of carbonyl (C=O) groups excluding carboxylic acids is 1. The fourth-order valence-electron chi connectivity index (χ4n) is 2.25. The number of anilines is 1. The third-order valence-electron chi connectivity index (χ3n) is 3.34. The van der Waals surface area contributed by atoms with Crippen molar-refractivity contribution in [3.05, 3.63) is 59.4 Å². The molecule has 0 atom stereocenters. The van der Waals surface area contributed by atoms with E-state index in [-0.39, 0.29) is 5.91 Å². The van der Waals surface area contributed by atoms with Gasteiger partial charge in [-0.3, -0.25) is 10.1 Å². The van der Waals surface area contributed by atoms with Crippen molar-refractivity contribution in [2.24, 2.45) is 0 Å². The maximum absolute atomic E-state index is 12.5. The van der Waals surface area contributed by atoms with E-state index in [1.807, 2.05) is 60.3 Å². The van der Waals surface area contributed by atoms with Gasteiger partial charge in [-0.15, -0.1) is 11.3 Å². The zero-order chi connectivity index (χ0) is 15.8. The zero-order valence-corrected chi connectivity index (χ0v) is 13.8. The molecule has 5 nitrogen and oxygen atoms in total. The van der Waals surface area contributed by atoms with Crippen molar-refractivity contribution in [2.75, 3.05) is 5.32 Å². The summed E-state index contributed by atoms with van der Waals surface area (Å²) in [6.07, 6.45) is 3.82. The molecule has 1 amide bonds.